The molecule has 0 aromatic heterocycles. The Labute approximate surface area is 773 Å². The van der Waals surface area contributed by atoms with Gasteiger partial charge in [-0.25, -0.2) is 9.59 Å². The third kappa shape index (κ3) is 69.6. The zero-order valence-corrected chi connectivity index (χ0v) is 79.8. The number of phenols is 1. The first-order valence-corrected chi connectivity index (χ1v) is 41.7. The molecule has 2 heterocycles. The number of ether oxygens (including phenoxy) is 6. The van der Waals surface area contributed by atoms with Crippen molar-refractivity contribution in [2.45, 2.75) is 244 Å². The van der Waals surface area contributed by atoms with Crippen LogP contribution in [0.3, 0.4) is 0 Å². The lowest BCUT2D eigenvalue weighted by molar-refractivity contribution is -0.157. The Morgan fingerprint density at radius 3 is 1.51 bits per heavy atom. The maximum absolute atomic E-state index is 12.2. The van der Waals surface area contributed by atoms with E-state index in [1.54, 1.807) is 140 Å². The number of morpholine rings is 1. The van der Waals surface area contributed by atoms with Gasteiger partial charge < -0.3 is 150 Å². The number of hydrogen-bond acceptors (Lipinski definition) is 34. The van der Waals surface area contributed by atoms with Crippen LogP contribution in [0, 0.1) is 0 Å². The number of amides is 6. The molecule has 6 rings (SSSR count). The number of methoxy groups -OCH3 is 2. The van der Waals surface area contributed by atoms with E-state index in [0.717, 1.165) is 63.5 Å². The number of nitrogens with zero attached hydrogens (tertiary/aromatic N) is 2. The SMILES string of the molecule is C=C(N)NCCCC(N)C(=O)OC.CC(C)(C)OC(=O)C1(N)CC1.CC(C)(C)OC(=O)N(CCN)c1ccccc1C(N)=O.CC(C)(C)OC(=O)NCCCCC(N)C(N)=O.CC(N)C(=O)N1CCOCC1.COC(=O)C(N)Cc1ccc(O)cc1.C[C@H](N)C(=O)CCCC(=O)O.C[C@H](N)C(=O)CCCN.NCCNC(=O)c1ccccc1N.O=C(O)C1CCCN1.S.S. The molecular weight excluding hydrogens is 1720 g/mol. The number of esters is 3. The molecule has 42 nitrogen and oxygen atoms in total. The number of nitrogen functional groups attached to an aromatic ring is 1. The number of carboxylic acid groups (broad SMARTS) is 2. The van der Waals surface area contributed by atoms with Crippen molar-refractivity contribution in [2.24, 2.45) is 74.5 Å². The summed E-state index contributed by atoms with van der Waals surface area (Å²) in [6.45, 7) is 31.3. The van der Waals surface area contributed by atoms with Crippen LogP contribution in [0.5, 0.6) is 5.75 Å². The zero-order valence-electron chi connectivity index (χ0n) is 77.8. The van der Waals surface area contributed by atoms with E-state index in [4.69, 9.17) is 115 Å². The summed E-state index contributed by atoms with van der Waals surface area (Å²) in [6.07, 6.45) is 8.04. The van der Waals surface area contributed by atoms with Gasteiger partial charge in [0.05, 0.1) is 74.2 Å². The number of carbonyl (C=O) groups is 13. The number of rotatable bonds is 34. The highest BCUT2D eigenvalue weighted by Crippen LogP contribution is 2.34. The summed E-state index contributed by atoms with van der Waals surface area (Å²) < 4.78 is 29.5. The standard InChI is InChI=1S/C14H21N3O3.C11H23N3O3.C10H13NO3.C9H13N3O.C8H17N3O2.C8H15NO2.C7H14N2O2.C7H13NO3.C6H14N2O.C5H9NO2.2H2S/c1-14(2,3)20-13(19)17(9-8-15)11-7-5-4-6-10(11)12(16)18;1-11(2,3)17-10(16)14-7-5-4-6-8(12)9(13)15;1-14-10(13)9(11)6-7-2-4-8(12)5-3-7;10-5-6-12-9(13)7-3-1-2-4-8(7)11;1-6(9)11-5-3-4-7(10)8(12)13-2;1-7(2,3)11-6(10)8(9)4-5-8;1-6(8)7(10)9-2-4-11-5-3-9;1-5(8)6(9)3-2-4-7(10)11;1-5(8)6(9)3-2-4-7;7-5(8)4-2-1-3-6-4;;/h4-7H,8-9,15H2,1-3H3,(H2,16,18);8H,4-7,12H2,1-3H3,(H2,13,15)(H,14,16);2-5,9,12H,6,11H2,1H3;1-4H,5-6,10-11H2,(H,12,13);7,11H,1,3-5,9-10H2,2H3;4-5,9H2,1-3H3;6H,2-5,8H2,1H3;5H,2-4,8H2,1H3,(H,10,11);5H,2-4,7-8H2,1H3;4,6H,1-3H2,(H,7,8);2*1H2/t;;;;;;;2*5-;;;/m.......00.../s1. The summed E-state index contributed by atoms with van der Waals surface area (Å²) in [4.78, 5) is 146. The molecule has 3 fully saturated rings. The number of para-hydroxylation sites is 2. The number of Topliss-reactive ketones (excluding diaryl/α,β-unsaturated/α-hetero) is 2. The number of nitrogens with two attached hydrogens (primary N) is 14. The summed E-state index contributed by atoms with van der Waals surface area (Å²) in [5, 5.41) is 36.6. The molecule has 35 N–H and O–H groups in total. The number of phenolic OH excluding ortho intramolecular Hbond substituents is 1. The normalized spacial score (nSPS) is 14.3. The van der Waals surface area contributed by atoms with E-state index >= 15 is 0 Å². The lowest BCUT2D eigenvalue weighted by Gasteiger charge is -2.28. The van der Waals surface area contributed by atoms with Gasteiger partial charge in [-0.2, -0.15) is 27.0 Å². The highest BCUT2D eigenvalue weighted by molar-refractivity contribution is 7.59. The summed E-state index contributed by atoms with van der Waals surface area (Å²) in [6, 6.07) is 16.8. The lowest BCUT2D eigenvalue weighted by Crippen LogP contribution is -2.47. The van der Waals surface area contributed by atoms with Crippen LogP contribution in [0.4, 0.5) is 21.0 Å². The second-order valence-corrected chi connectivity index (χ2v) is 32.1. The summed E-state index contributed by atoms with van der Waals surface area (Å²) >= 11 is 0. The van der Waals surface area contributed by atoms with Crippen molar-refractivity contribution < 1.29 is 106 Å². The van der Waals surface area contributed by atoms with E-state index in [0.29, 0.717) is 114 Å². The van der Waals surface area contributed by atoms with Crippen molar-refractivity contribution in [1.29, 1.82) is 0 Å². The number of aliphatic carboxylic acids is 2. The zero-order chi connectivity index (χ0) is 98.4. The molecule has 3 aliphatic rings. The third-order valence-corrected chi connectivity index (χ3v) is 16.6. The summed E-state index contributed by atoms with van der Waals surface area (Å²) in [7, 11) is 2.63. The van der Waals surface area contributed by atoms with Gasteiger partial charge in [-0.15, -0.1) is 0 Å². The molecule has 44 heteroatoms. The average Bonchev–Trinajstić information content (AvgIpc) is 1.66. The Morgan fingerprint density at radius 1 is 0.597 bits per heavy atom. The molecule has 3 aromatic carbocycles. The summed E-state index contributed by atoms with van der Waals surface area (Å²) in [5.41, 5.74) is 75.6. The fourth-order valence-corrected chi connectivity index (χ4v) is 9.59. The van der Waals surface area contributed by atoms with Gasteiger partial charge in [-0.3, -0.25) is 57.6 Å². The molecule has 2 saturated heterocycles. The first-order chi connectivity index (χ1) is 59.0. The van der Waals surface area contributed by atoms with Gasteiger partial charge in [-0.1, -0.05) is 43.0 Å². The number of aromatic hydroxyl groups is 1. The molecule has 5 unspecified atom stereocenters. The molecule has 0 spiro atoms. The van der Waals surface area contributed by atoms with Gasteiger partial charge in [-0.05, 0) is 215 Å². The van der Waals surface area contributed by atoms with Gasteiger partial charge in [0.25, 0.3) is 11.8 Å². The maximum atomic E-state index is 12.2. The van der Waals surface area contributed by atoms with Crippen LogP contribution in [-0.2, 0) is 78.0 Å². The minimum atomic E-state index is -0.873. The van der Waals surface area contributed by atoms with E-state index in [2.05, 4.69) is 37.3 Å². The molecular formula is C85H156N20O22S2. The van der Waals surface area contributed by atoms with Crippen LogP contribution < -0.4 is 106 Å². The number of alkyl carbamates (subject to hydrolysis) is 1. The van der Waals surface area contributed by atoms with Crippen molar-refractivity contribution in [2.75, 3.05) is 104 Å². The van der Waals surface area contributed by atoms with Crippen molar-refractivity contribution in [1.82, 2.24) is 26.2 Å². The maximum Gasteiger partial charge on any atom is 0.414 e. The van der Waals surface area contributed by atoms with Crippen LogP contribution >= 0.6 is 27.0 Å². The lowest BCUT2D eigenvalue weighted by atomic mass is 10.1. The number of carboxylic acids is 2. The number of anilines is 2. The Hall–Kier alpha value is -10.1. The van der Waals surface area contributed by atoms with E-state index in [9.17, 15) is 62.3 Å². The smallest absolute Gasteiger partial charge is 0.414 e. The van der Waals surface area contributed by atoms with Crippen LogP contribution in [-0.4, -0.2) is 255 Å². The van der Waals surface area contributed by atoms with Crippen molar-refractivity contribution in [3.63, 3.8) is 0 Å². The quantitative estimate of drug-likeness (QED) is 0.0174. The van der Waals surface area contributed by atoms with E-state index in [1.165, 1.54) is 19.1 Å². The highest BCUT2D eigenvalue weighted by atomic mass is 32.1. The predicted molar refractivity (Wildman–Crippen MR) is 507 cm³/mol. The highest BCUT2D eigenvalue weighted by Gasteiger charge is 2.48. The molecule has 1 saturated carbocycles. The molecule has 1 aliphatic carbocycles. The van der Waals surface area contributed by atoms with Crippen molar-refractivity contribution in [3.8, 4) is 5.75 Å². The molecule has 7 atom stereocenters. The molecule has 0 bridgehead atoms. The fourth-order valence-electron chi connectivity index (χ4n) is 9.59. The first-order valence-electron chi connectivity index (χ1n) is 41.7. The van der Waals surface area contributed by atoms with Crippen LogP contribution in [0.25, 0.3) is 0 Å². The minimum Gasteiger partial charge on any atom is -0.508 e. The number of nitrogens with one attached hydrogen (secondary N) is 4. The van der Waals surface area contributed by atoms with Crippen molar-refractivity contribution in [3.05, 3.63) is 102 Å². The number of ketones is 2. The molecule has 2 aliphatic heterocycles. The average molecular weight is 1870 g/mol. The monoisotopic (exact) mass is 1870 g/mol. The van der Waals surface area contributed by atoms with E-state index < -0.39 is 88.4 Å². The largest absolute Gasteiger partial charge is 0.508 e. The van der Waals surface area contributed by atoms with Crippen LogP contribution in [0.2, 0.25) is 0 Å². The Morgan fingerprint density at radius 2 is 1.09 bits per heavy atom. The third-order valence-electron chi connectivity index (χ3n) is 16.6. The van der Waals surface area contributed by atoms with Gasteiger partial charge in [0.1, 0.15) is 57.8 Å². The summed E-state index contributed by atoms with van der Waals surface area (Å²) in [5.74, 6) is -3.29. The van der Waals surface area contributed by atoms with Crippen LogP contribution in [0.15, 0.2) is 85.2 Å². The Kier molecular flexibility index (Phi) is 72.1. The number of unbranched alkanes of at least 4 members (excludes halogenated alkanes) is 1. The molecule has 129 heavy (non-hydrogen) atoms. The fraction of sp³-hybridized carbons (Fsp3) is 0.612. The van der Waals surface area contributed by atoms with Gasteiger partial charge in [0, 0.05) is 77.3 Å². The van der Waals surface area contributed by atoms with Gasteiger partial charge in [0.15, 0.2) is 0 Å². The Bertz CT molecular complexity index is 3740. The first kappa shape index (κ1) is 130. The number of primary amides is 2. The second-order valence-electron chi connectivity index (χ2n) is 32.1. The van der Waals surface area contributed by atoms with E-state index in [-0.39, 0.29) is 118 Å². The van der Waals surface area contributed by atoms with Crippen LogP contribution in [0.1, 0.15) is 199 Å². The van der Waals surface area contributed by atoms with E-state index in [1.807, 2.05) is 20.8 Å². The van der Waals surface area contributed by atoms with Gasteiger partial charge in [0.2, 0.25) is 11.8 Å². The number of carbonyl (C=O) groups excluding carboxylic acids is 11. The predicted octanol–water partition coefficient (Wildman–Crippen LogP) is 1.52. The molecule has 740 valence electrons. The number of hydrogen-bond donors (Lipinski definition) is 21. The van der Waals surface area contributed by atoms with Crippen molar-refractivity contribution >= 4 is 116 Å². The van der Waals surface area contributed by atoms with Gasteiger partial charge >= 0.3 is 42.0 Å². The Balaban J connectivity index is -0.000000328. The topological polar surface area (TPSA) is 757 Å². The minimum absolute atomic E-state index is 0. The number of benzene rings is 3. The molecule has 3 aromatic rings. The molecule has 0 radical (unpaired) electrons. The second kappa shape index (κ2) is 71.7. The molecule has 6 amide bonds.